The van der Waals surface area contributed by atoms with Gasteiger partial charge in [0.1, 0.15) is 11.6 Å². The molecule has 0 atom stereocenters. The van der Waals surface area contributed by atoms with E-state index in [0.717, 1.165) is 61.7 Å². The summed E-state index contributed by atoms with van der Waals surface area (Å²) in [5.74, 6) is 2.30. The number of hydrogen-bond acceptors (Lipinski definition) is 4. The molecule has 1 aromatic heterocycles. The van der Waals surface area contributed by atoms with E-state index in [1.807, 2.05) is 6.07 Å². The van der Waals surface area contributed by atoms with Gasteiger partial charge < -0.3 is 9.72 Å². The van der Waals surface area contributed by atoms with Gasteiger partial charge in [-0.3, -0.25) is 9.69 Å². The fraction of sp³-hybridized carbons (Fsp3) is 0.500. The Morgan fingerprint density at radius 2 is 2.08 bits per heavy atom. The Morgan fingerprint density at radius 1 is 1.28 bits per heavy atom. The van der Waals surface area contributed by atoms with Gasteiger partial charge in [0, 0.05) is 31.1 Å². The Kier molecular flexibility index (Phi) is 4.12. The van der Waals surface area contributed by atoms with Crippen molar-refractivity contribution in [2.75, 3.05) is 13.7 Å². The number of benzene rings is 1. The van der Waals surface area contributed by atoms with Crippen molar-refractivity contribution in [3.05, 3.63) is 56.3 Å². The van der Waals surface area contributed by atoms with Crippen LogP contribution in [-0.2, 0) is 19.5 Å². The van der Waals surface area contributed by atoms with Crippen molar-refractivity contribution < 1.29 is 4.74 Å². The van der Waals surface area contributed by atoms with E-state index in [2.05, 4.69) is 29.8 Å². The highest BCUT2D eigenvalue weighted by atomic mass is 16.5. The number of H-pyrrole nitrogens is 1. The highest BCUT2D eigenvalue weighted by Gasteiger charge is 2.29. The molecule has 132 valence electrons. The molecule has 1 fully saturated rings. The van der Waals surface area contributed by atoms with Gasteiger partial charge in [-0.15, -0.1) is 0 Å². The van der Waals surface area contributed by atoms with E-state index in [4.69, 9.17) is 9.72 Å². The first-order valence-corrected chi connectivity index (χ1v) is 9.04. The Balaban J connectivity index is 1.57. The fourth-order valence-corrected chi connectivity index (χ4v) is 3.68. The summed E-state index contributed by atoms with van der Waals surface area (Å²) in [6.07, 6.45) is 3.07. The molecule has 1 N–H and O–H groups in total. The zero-order chi connectivity index (χ0) is 17.6. The van der Waals surface area contributed by atoms with Crippen molar-refractivity contribution in [1.29, 1.82) is 0 Å². The van der Waals surface area contributed by atoms with Crippen molar-refractivity contribution in [3.8, 4) is 5.75 Å². The number of rotatable bonds is 4. The molecule has 25 heavy (non-hydrogen) atoms. The van der Waals surface area contributed by atoms with Gasteiger partial charge in [0.15, 0.2) is 0 Å². The highest BCUT2D eigenvalue weighted by Crippen LogP contribution is 2.38. The summed E-state index contributed by atoms with van der Waals surface area (Å²) in [6, 6.07) is 4.20. The van der Waals surface area contributed by atoms with Gasteiger partial charge in [-0.05, 0) is 55.9 Å². The summed E-state index contributed by atoms with van der Waals surface area (Å²) in [7, 11) is 1.71. The van der Waals surface area contributed by atoms with E-state index >= 15 is 0 Å². The number of nitrogens with zero attached hydrogens (tertiary/aromatic N) is 2. The maximum atomic E-state index is 12.3. The Bertz CT molecular complexity index is 868. The minimum absolute atomic E-state index is 0.0722. The van der Waals surface area contributed by atoms with Crippen molar-refractivity contribution in [2.24, 2.45) is 0 Å². The lowest BCUT2D eigenvalue weighted by Gasteiger charge is -2.28. The lowest BCUT2D eigenvalue weighted by molar-refractivity contribution is 0.239. The molecule has 2 aromatic rings. The number of aromatic amines is 1. The number of aromatic nitrogens is 2. The van der Waals surface area contributed by atoms with Crippen molar-refractivity contribution >= 4 is 0 Å². The Hall–Kier alpha value is -2.14. The third kappa shape index (κ3) is 3.09. The van der Waals surface area contributed by atoms with Crippen LogP contribution in [0.1, 0.15) is 52.5 Å². The first-order chi connectivity index (χ1) is 12.1. The molecule has 0 unspecified atom stereocenters. The van der Waals surface area contributed by atoms with Crippen LogP contribution in [0, 0.1) is 13.8 Å². The SMILES string of the molecule is COc1ccc(CN2CCc3c(nc(C4CC4)[nH]c3=O)C2)c(C)c1C. The van der Waals surface area contributed by atoms with E-state index in [-0.39, 0.29) is 5.56 Å². The summed E-state index contributed by atoms with van der Waals surface area (Å²) < 4.78 is 5.41. The number of methoxy groups -OCH3 is 1. The standard InChI is InChI=1S/C20H25N3O2/c1-12-13(2)18(25-3)7-6-15(12)10-23-9-8-16-17(11-23)21-19(14-4-5-14)22-20(16)24/h6-7,14H,4-5,8-11H2,1-3H3,(H,21,22,24). The number of fused-ring (bicyclic) bond motifs is 1. The van der Waals surface area contributed by atoms with Crippen molar-refractivity contribution in [2.45, 2.75) is 52.1 Å². The highest BCUT2D eigenvalue weighted by molar-refractivity contribution is 5.43. The third-order valence-corrected chi connectivity index (χ3v) is 5.60. The van der Waals surface area contributed by atoms with E-state index < -0.39 is 0 Å². The molecular weight excluding hydrogens is 314 g/mol. The van der Waals surface area contributed by atoms with Crippen LogP contribution in [0.4, 0.5) is 0 Å². The maximum absolute atomic E-state index is 12.3. The van der Waals surface area contributed by atoms with E-state index in [9.17, 15) is 4.79 Å². The molecule has 0 spiro atoms. The molecule has 1 aliphatic carbocycles. The fourth-order valence-electron chi connectivity index (χ4n) is 3.68. The molecule has 5 nitrogen and oxygen atoms in total. The summed E-state index contributed by atoms with van der Waals surface area (Å²) in [4.78, 5) is 22.5. The molecule has 1 aliphatic heterocycles. The van der Waals surface area contributed by atoms with Crippen molar-refractivity contribution in [1.82, 2.24) is 14.9 Å². The van der Waals surface area contributed by atoms with E-state index in [1.165, 1.54) is 16.7 Å². The molecule has 5 heteroatoms. The Morgan fingerprint density at radius 3 is 2.80 bits per heavy atom. The molecule has 2 heterocycles. The van der Waals surface area contributed by atoms with Crippen LogP contribution in [0.5, 0.6) is 5.75 Å². The minimum atomic E-state index is 0.0722. The summed E-state index contributed by atoms with van der Waals surface area (Å²) in [6.45, 7) is 6.78. The molecule has 0 radical (unpaired) electrons. The van der Waals surface area contributed by atoms with Crippen LogP contribution >= 0.6 is 0 Å². The average Bonchev–Trinajstić information content (AvgIpc) is 3.44. The van der Waals surface area contributed by atoms with Gasteiger partial charge in [0.05, 0.1) is 12.8 Å². The number of nitrogens with one attached hydrogen (secondary N) is 1. The quantitative estimate of drug-likeness (QED) is 0.930. The van der Waals surface area contributed by atoms with Gasteiger partial charge in [-0.25, -0.2) is 4.98 Å². The third-order valence-electron chi connectivity index (χ3n) is 5.60. The van der Waals surface area contributed by atoms with Crippen LogP contribution in [0.15, 0.2) is 16.9 Å². The van der Waals surface area contributed by atoms with Gasteiger partial charge >= 0.3 is 0 Å². The normalized spacial score (nSPS) is 17.4. The smallest absolute Gasteiger partial charge is 0.254 e. The molecule has 2 aliphatic rings. The van der Waals surface area contributed by atoms with Crippen LogP contribution in [-0.4, -0.2) is 28.5 Å². The lowest BCUT2D eigenvalue weighted by atomic mass is 10.00. The van der Waals surface area contributed by atoms with Gasteiger partial charge in [-0.2, -0.15) is 0 Å². The van der Waals surface area contributed by atoms with Crippen LogP contribution in [0.25, 0.3) is 0 Å². The molecule has 1 saturated carbocycles. The molecule has 4 rings (SSSR count). The zero-order valence-electron chi connectivity index (χ0n) is 15.2. The molecule has 0 saturated heterocycles. The Labute approximate surface area is 148 Å². The zero-order valence-corrected chi connectivity index (χ0v) is 15.2. The summed E-state index contributed by atoms with van der Waals surface area (Å²) in [5.41, 5.74) is 5.71. The van der Waals surface area contributed by atoms with Gasteiger partial charge in [-0.1, -0.05) is 6.07 Å². The van der Waals surface area contributed by atoms with Crippen molar-refractivity contribution in [3.63, 3.8) is 0 Å². The predicted octanol–water partition coefficient (Wildman–Crippen LogP) is 2.83. The van der Waals surface area contributed by atoms with E-state index in [1.54, 1.807) is 7.11 Å². The van der Waals surface area contributed by atoms with Crippen LogP contribution in [0.2, 0.25) is 0 Å². The van der Waals surface area contributed by atoms with E-state index in [0.29, 0.717) is 5.92 Å². The largest absolute Gasteiger partial charge is 0.496 e. The topological polar surface area (TPSA) is 58.2 Å². The number of ether oxygens (including phenoxy) is 1. The second-order valence-corrected chi connectivity index (χ2v) is 7.29. The first kappa shape index (κ1) is 16.3. The average molecular weight is 339 g/mol. The number of hydrogen-bond donors (Lipinski definition) is 1. The van der Waals surface area contributed by atoms with Crippen LogP contribution in [0.3, 0.4) is 0 Å². The monoisotopic (exact) mass is 339 g/mol. The maximum Gasteiger partial charge on any atom is 0.254 e. The molecule has 1 aromatic carbocycles. The van der Waals surface area contributed by atoms with Gasteiger partial charge in [0.25, 0.3) is 5.56 Å². The second kappa shape index (κ2) is 6.30. The molecular formula is C20H25N3O2. The van der Waals surface area contributed by atoms with Gasteiger partial charge in [0.2, 0.25) is 0 Å². The molecule has 0 amide bonds. The first-order valence-electron chi connectivity index (χ1n) is 9.04. The minimum Gasteiger partial charge on any atom is -0.496 e. The predicted molar refractivity (Wildman–Crippen MR) is 97.1 cm³/mol. The lowest BCUT2D eigenvalue weighted by Crippen LogP contribution is -2.35. The second-order valence-electron chi connectivity index (χ2n) is 7.29. The van der Waals surface area contributed by atoms with Crippen LogP contribution < -0.4 is 10.3 Å². The molecule has 0 bridgehead atoms. The summed E-state index contributed by atoms with van der Waals surface area (Å²) >= 11 is 0. The summed E-state index contributed by atoms with van der Waals surface area (Å²) in [5, 5.41) is 0.